The third-order valence-corrected chi connectivity index (χ3v) is 3.74. The molecule has 1 atom stereocenters. The molecule has 1 fully saturated rings. The maximum atomic E-state index is 12.2. The van der Waals surface area contributed by atoms with E-state index in [1.807, 2.05) is 11.8 Å². The number of nitrogens with one attached hydrogen (secondary N) is 1. The van der Waals surface area contributed by atoms with Crippen LogP contribution in [0.4, 0.5) is 0 Å². The van der Waals surface area contributed by atoms with Crippen molar-refractivity contribution in [2.45, 2.75) is 38.8 Å². The van der Waals surface area contributed by atoms with Crippen molar-refractivity contribution in [1.29, 1.82) is 0 Å². The second kappa shape index (κ2) is 6.61. The Kier molecular flexibility index (Phi) is 4.84. The molecule has 5 heteroatoms. The molecule has 3 N–H and O–H groups in total. The number of nitrogens with zero attached hydrogens (tertiary/aromatic N) is 1. The molecule has 0 bridgehead atoms. The summed E-state index contributed by atoms with van der Waals surface area (Å²) in [4.78, 5) is 14.1. The number of piperidine rings is 1. The molecule has 0 aliphatic carbocycles. The van der Waals surface area contributed by atoms with Gasteiger partial charge < -0.3 is 20.4 Å². The molecule has 1 aliphatic heterocycles. The number of phenolic OH excluding ortho intramolecular Hbond substituents is 2. The van der Waals surface area contributed by atoms with E-state index in [0.29, 0.717) is 12.1 Å². The fourth-order valence-electron chi connectivity index (χ4n) is 2.46. The quantitative estimate of drug-likeness (QED) is 0.731. The molecular formula is C15H22N2O3. The van der Waals surface area contributed by atoms with Crippen molar-refractivity contribution in [3.63, 3.8) is 0 Å². The lowest BCUT2D eigenvalue weighted by molar-refractivity contribution is -0.133. The number of benzene rings is 1. The van der Waals surface area contributed by atoms with Gasteiger partial charge in [-0.2, -0.15) is 0 Å². The summed E-state index contributed by atoms with van der Waals surface area (Å²) in [6.45, 7) is 3.85. The fourth-order valence-corrected chi connectivity index (χ4v) is 2.46. The average molecular weight is 278 g/mol. The van der Waals surface area contributed by atoms with Gasteiger partial charge in [0.15, 0.2) is 11.5 Å². The highest BCUT2D eigenvalue weighted by molar-refractivity contribution is 5.81. The van der Waals surface area contributed by atoms with Crippen LogP contribution in [0.2, 0.25) is 0 Å². The van der Waals surface area contributed by atoms with Crippen molar-refractivity contribution < 1.29 is 15.0 Å². The minimum absolute atomic E-state index is 0.101. The predicted molar refractivity (Wildman–Crippen MR) is 76.5 cm³/mol. The molecule has 0 aromatic heterocycles. The first kappa shape index (κ1) is 14.7. The smallest absolute Gasteiger partial charge is 0.239 e. The van der Waals surface area contributed by atoms with Crippen molar-refractivity contribution >= 4 is 5.91 Å². The fraction of sp³-hybridized carbons (Fsp3) is 0.533. The number of likely N-dealkylation sites (tertiary alicyclic amines) is 1. The van der Waals surface area contributed by atoms with Gasteiger partial charge in [-0.1, -0.05) is 12.1 Å². The Hall–Kier alpha value is -1.75. The molecule has 0 radical (unpaired) electrons. The predicted octanol–water partition coefficient (Wildman–Crippen LogP) is 1.59. The minimum Gasteiger partial charge on any atom is -0.504 e. The van der Waals surface area contributed by atoms with Crippen LogP contribution in [0, 0.1) is 0 Å². The van der Waals surface area contributed by atoms with Crippen LogP contribution in [0.1, 0.15) is 31.7 Å². The van der Waals surface area contributed by atoms with E-state index in [2.05, 4.69) is 5.32 Å². The SMILES string of the molecule is CC(NCc1cccc(O)c1O)C(=O)N1CCCCC1. The van der Waals surface area contributed by atoms with Gasteiger partial charge in [0.25, 0.3) is 0 Å². The molecule has 1 unspecified atom stereocenters. The molecule has 1 aliphatic rings. The highest BCUT2D eigenvalue weighted by Gasteiger charge is 2.21. The Morgan fingerprint density at radius 2 is 2.00 bits per heavy atom. The lowest BCUT2D eigenvalue weighted by Crippen LogP contribution is -2.46. The van der Waals surface area contributed by atoms with Gasteiger partial charge >= 0.3 is 0 Å². The second-order valence-electron chi connectivity index (χ2n) is 5.27. The van der Waals surface area contributed by atoms with Gasteiger partial charge in [-0.15, -0.1) is 0 Å². The largest absolute Gasteiger partial charge is 0.504 e. The van der Waals surface area contributed by atoms with Crippen LogP contribution in [0.25, 0.3) is 0 Å². The molecule has 5 nitrogen and oxygen atoms in total. The van der Waals surface area contributed by atoms with Crippen molar-refractivity contribution in [2.24, 2.45) is 0 Å². The van der Waals surface area contributed by atoms with Crippen LogP contribution in [-0.2, 0) is 11.3 Å². The number of hydrogen-bond acceptors (Lipinski definition) is 4. The van der Waals surface area contributed by atoms with Crippen LogP contribution >= 0.6 is 0 Å². The van der Waals surface area contributed by atoms with E-state index in [-0.39, 0.29) is 23.4 Å². The standard InChI is InChI=1S/C15H22N2O3/c1-11(15(20)17-8-3-2-4-9-17)16-10-12-6-5-7-13(18)14(12)19/h5-7,11,16,18-19H,2-4,8-10H2,1H3. The number of carbonyl (C=O) groups is 1. The van der Waals surface area contributed by atoms with E-state index in [0.717, 1.165) is 25.9 Å². The number of aromatic hydroxyl groups is 2. The highest BCUT2D eigenvalue weighted by atomic mass is 16.3. The lowest BCUT2D eigenvalue weighted by Gasteiger charge is -2.29. The Morgan fingerprint density at radius 1 is 1.30 bits per heavy atom. The van der Waals surface area contributed by atoms with E-state index in [1.165, 1.54) is 12.5 Å². The molecule has 0 spiro atoms. The molecule has 2 rings (SSSR count). The van der Waals surface area contributed by atoms with Crippen LogP contribution < -0.4 is 5.32 Å². The number of amides is 1. The van der Waals surface area contributed by atoms with Gasteiger partial charge in [-0.05, 0) is 32.3 Å². The topological polar surface area (TPSA) is 72.8 Å². The van der Waals surface area contributed by atoms with Gasteiger partial charge in [-0.3, -0.25) is 4.79 Å². The van der Waals surface area contributed by atoms with Gasteiger partial charge in [0, 0.05) is 25.2 Å². The normalized spacial score (nSPS) is 16.9. The third kappa shape index (κ3) is 3.42. The Bertz CT molecular complexity index is 470. The molecule has 110 valence electrons. The summed E-state index contributed by atoms with van der Waals surface area (Å²) >= 11 is 0. The Morgan fingerprint density at radius 3 is 2.70 bits per heavy atom. The minimum atomic E-state index is -0.296. The van der Waals surface area contributed by atoms with Crippen molar-refractivity contribution in [2.75, 3.05) is 13.1 Å². The summed E-state index contributed by atoms with van der Waals surface area (Å²) in [5.74, 6) is -0.165. The first-order valence-electron chi connectivity index (χ1n) is 7.11. The second-order valence-corrected chi connectivity index (χ2v) is 5.27. The summed E-state index contributed by atoms with van der Waals surface area (Å²) in [6, 6.07) is 4.53. The van der Waals surface area contributed by atoms with Crippen molar-refractivity contribution in [3.05, 3.63) is 23.8 Å². The number of para-hydroxylation sites is 1. The summed E-state index contributed by atoms with van der Waals surface area (Å²) in [5.41, 5.74) is 0.586. The van der Waals surface area contributed by atoms with Crippen LogP contribution in [0.3, 0.4) is 0 Å². The molecule has 1 heterocycles. The first-order chi connectivity index (χ1) is 9.59. The molecule has 1 saturated heterocycles. The number of hydrogen-bond donors (Lipinski definition) is 3. The Balaban J connectivity index is 1.89. The molecule has 20 heavy (non-hydrogen) atoms. The van der Waals surface area contributed by atoms with E-state index in [4.69, 9.17) is 0 Å². The van der Waals surface area contributed by atoms with Gasteiger partial charge in [0.1, 0.15) is 0 Å². The van der Waals surface area contributed by atoms with Crippen LogP contribution in [-0.4, -0.2) is 40.2 Å². The molecule has 1 aromatic rings. The summed E-state index contributed by atoms with van der Waals surface area (Å²) in [5, 5.41) is 22.2. The third-order valence-electron chi connectivity index (χ3n) is 3.74. The highest BCUT2D eigenvalue weighted by Crippen LogP contribution is 2.27. The zero-order valence-corrected chi connectivity index (χ0v) is 11.8. The average Bonchev–Trinajstić information content (AvgIpc) is 2.48. The maximum absolute atomic E-state index is 12.2. The van der Waals surface area contributed by atoms with E-state index >= 15 is 0 Å². The molecular weight excluding hydrogens is 256 g/mol. The molecule has 0 saturated carbocycles. The monoisotopic (exact) mass is 278 g/mol. The van der Waals surface area contributed by atoms with Gasteiger partial charge in [0.05, 0.1) is 6.04 Å². The molecule has 1 amide bonds. The summed E-state index contributed by atoms with van der Waals surface area (Å²) in [6.07, 6.45) is 3.35. The van der Waals surface area contributed by atoms with E-state index < -0.39 is 0 Å². The van der Waals surface area contributed by atoms with Gasteiger partial charge in [-0.25, -0.2) is 0 Å². The zero-order valence-electron chi connectivity index (χ0n) is 11.8. The zero-order chi connectivity index (χ0) is 14.5. The van der Waals surface area contributed by atoms with Crippen LogP contribution in [0.15, 0.2) is 18.2 Å². The van der Waals surface area contributed by atoms with Crippen LogP contribution in [0.5, 0.6) is 11.5 Å². The number of rotatable bonds is 4. The van der Waals surface area contributed by atoms with Crippen molar-refractivity contribution in [3.8, 4) is 11.5 Å². The van der Waals surface area contributed by atoms with E-state index in [9.17, 15) is 15.0 Å². The van der Waals surface area contributed by atoms with Crippen molar-refractivity contribution in [1.82, 2.24) is 10.2 Å². The Labute approximate surface area is 119 Å². The van der Waals surface area contributed by atoms with Gasteiger partial charge in [0.2, 0.25) is 5.91 Å². The summed E-state index contributed by atoms with van der Waals surface area (Å²) in [7, 11) is 0. The van der Waals surface area contributed by atoms with E-state index in [1.54, 1.807) is 12.1 Å². The number of carbonyl (C=O) groups excluding carboxylic acids is 1. The number of phenols is 2. The summed E-state index contributed by atoms with van der Waals surface area (Å²) < 4.78 is 0. The lowest BCUT2D eigenvalue weighted by atomic mass is 10.1. The maximum Gasteiger partial charge on any atom is 0.239 e. The first-order valence-corrected chi connectivity index (χ1v) is 7.11. The molecule has 1 aromatic carbocycles.